The fourth-order valence-electron chi connectivity index (χ4n) is 2.07. The summed E-state index contributed by atoms with van der Waals surface area (Å²) in [7, 11) is 0. The maximum absolute atomic E-state index is 12.1. The van der Waals surface area contributed by atoms with E-state index in [0.717, 1.165) is 18.9 Å². The van der Waals surface area contributed by atoms with Gasteiger partial charge in [-0.15, -0.1) is 0 Å². The summed E-state index contributed by atoms with van der Waals surface area (Å²) in [6, 6.07) is 3.23. The van der Waals surface area contributed by atoms with Crippen LogP contribution in [0, 0.1) is 16.0 Å². The molecule has 2 rings (SSSR count). The quantitative estimate of drug-likeness (QED) is 0.618. The summed E-state index contributed by atoms with van der Waals surface area (Å²) >= 11 is 5.75. The van der Waals surface area contributed by atoms with Crippen LogP contribution in [0.25, 0.3) is 0 Å². The molecule has 1 aromatic rings. The van der Waals surface area contributed by atoms with Gasteiger partial charge in [-0.3, -0.25) is 19.7 Å². The predicted molar refractivity (Wildman–Crippen MR) is 74.3 cm³/mol. The number of carboxylic acid groups (broad SMARTS) is 1. The van der Waals surface area contributed by atoms with E-state index in [9.17, 15) is 19.7 Å². The second-order valence-electron chi connectivity index (χ2n) is 4.94. The van der Waals surface area contributed by atoms with Crippen molar-refractivity contribution in [1.82, 2.24) is 5.32 Å². The Hall–Kier alpha value is -2.15. The van der Waals surface area contributed by atoms with Crippen molar-refractivity contribution in [3.05, 3.63) is 38.9 Å². The molecule has 1 atom stereocenters. The molecule has 7 nitrogen and oxygen atoms in total. The Morgan fingerprint density at radius 1 is 1.48 bits per heavy atom. The van der Waals surface area contributed by atoms with E-state index in [1.165, 1.54) is 12.1 Å². The summed E-state index contributed by atoms with van der Waals surface area (Å²) in [6.45, 7) is 0. The van der Waals surface area contributed by atoms with Gasteiger partial charge in [0, 0.05) is 17.7 Å². The minimum Gasteiger partial charge on any atom is -0.481 e. The van der Waals surface area contributed by atoms with E-state index < -0.39 is 22.8 Å². The van der Waals surface area contributed by atoms with Gasteiger partial charge in [-0.2, -0.15) is 0 Å². The Bertz CT molecular complexity index is 600. The zero-order valence-corrected chi connectivity index (χ0v) is 11.7. The lowest BCUT2D eigenvalue weighted by molar-refractivity contribution is -0.384. The van der Waals surface area contributed by atoms with Gasteiger partial charge < -0.3 is 10.4 Å². The van der Waals surface area contributed by atoms with Crippen molar-refractivity contribution >= 4 is 29.2 Å². The summed E-state index contributed by atoms with van der Waals surface area (Å²) in [5, 5.41) is 22.0. The molecule has 2 N–H and O–H groups in total. The van der Waals surface area contributed by atoms with Gasteiger partial charge >= 0.3 is 5.97 Å². The molecule has 0 aromatic heterocycles. The number of benzene rings is 1. The largest absolute Gasteiger partial charge is 0.481 e. The summed E-state index contributed by atoms with van der Waals surface area (Å²) in [5.41, 5.74) is -0.112. The van der Waals surface area contributed by atoms with Gasteiger partial charge in [0.05, 0.1) is 11.3 Å². The number of aliphatic carboxylic acids is 1. The molecule has 1 fully saturated rings. The highest BCUT2D eigenvalue weighted by molar-refractivity contribution is 6.33. The molecule has 1 saturated carbocycles. The lowest BCUT2D eigenvalue weighted by atomic mass is 10.1. The molecule has 0 heterocycles. The van der Waals surface area contributed by atoms with Crippen LogP contribution in [0.5, 0.6) is 0 Å². The van der Waals surface area contributed by atoms with E-state index in [1.54, 1.807) is 0 Å². The number of hydrogen-bond donors (Lipinski definition) is 2. The van der Waals surface area contributed by atoms with Crippen LogP contribution in [-0.2, 0) is 4.79 Å². The van der Waals surface area contributed by atoms with Gasteiger partial charge in [-0.25, -0.2) is 0 Å². The van der Waals surface area contributed by atoms with E-state index in [1.807, 2.05) is 0 Å². The van der Waals surface area contributed by atoms with Crippen molar-refractivity contribution in [2.45, 2.75) is 25.3 Å². The summed E-state index contributed by atoms with van der Waals surface area (Å²) in [5.74, 6) is -1.28. The maximum Gasteiger partial charge on any atom is 0.305 e. The average molecular weight is 313 g/mol. The summed E-state index contributed by atoms with van der Waals surface area (Å²) < 4.78 is 0. The number of nitrogens with one attached hydrogen (secondary N) is 1. The first-order valence-corrected chi connectivity index (χ1v) is 6.73. The van der Waals surface area contributed by atoms with Crippen molar-refractivity contribution in [3.8, 4) is 0 Å². The molecule has 1 amide bonds. The molecule has 1 aromatic carbocycles. The zero-order valence-electron chi connectivity index (χ0n) is 10.9. The van der Waals surface area contributed by atoms with Crippen molar-refractivity contribution in [3.63, 3.8) is 0 Å². The number of nitro benzene ring substituents is 1. The van der Waals surface area contributed by atoms with Gasteiger partial charge in [-0.1, -0.05) is 11.6 Å². The van der Waals surface area contributed by atoms with Crippen LogP contribution in [0.3, 0.4) is 0 Å². The lowest BCUT2D eigenvalue weighted by Crippen LogP contribution is -2.38. The van der Waals surface area contributed by atoms with E-state index in [4.69, 9.17) is 16.7 Å². The van der Waals surface area contributed by atoms with E-state index in [-0.39, 0.29) is 28.6 Å². The molecular weight excluding hydrogens is 300 g/mol. The second kappa shape index (κ2) is 6.09. The topological polar surface area (TPSA) is 110 Å². The van der Waals surface area contributed by atoms with Crippen molar-refractivity contribution in [2.24, 2.45) is 5.92 Å². The number of amides is 1. The van der Waals surface area contributed by atoms with Crippen molar-refractivity contribution in [1.29, 1.82) is 0 Å². The molecular formula is C13H13ClN2O5. The first kappa shape index (κ1) is 15.2. The zero-order chi connectivity index (χ0) is 15.6. The first-order chi connectivity index (χ1) is 9.88. The van der Waals surface area contributed by atoms with Gasteiger partial charge in [0.2, 0.25) is 0 Å². The van der Waals surface area contributed by atoms with Gasteiger partial charge in [0.25, 0.3) is 11.6 Å². The number of nitrogens with zero attached hydrogens (tertiary/aromatic N) is 1. The highest BCUT2D eigenvalue weighted by Crippen LogP contribution is 2.34. The fraction of sp³-hybridized carbons (Fsp3) is 0.385. The number of halogens is 1. The van der Waals surface area contributed by atoms with Crippen LogP contribution in [-0.4, -0.2) is 27.9 Å². The maximum atomic E-state index is 12.1. The third-order valence-corrected chi connectivity index (χ3v) is 3.61. The monoisotopic (exact) mass is 312 g/mol. The van der Waals surface area contributed by atoms with E-state index >= 15 is 0 Å². The second-order valence-corrected chi connectivity index (χ2v) is 5.35. The van der Waals surface area contributed by atoms with Crippen molar-refractivity contribution < 1.29 is 19.6 Å². The number of carbonyl (C=O) groups excluding carboxylic acids is 1. The van der Waals surface area contributed by atoms with Crippen LogP contribution in [0.2, 0.25) is 5.02 Å². The highest BCUT2D eigenvalue weighted by Gasteiger charge is 2.34. The van der Waals surface area contributed by atoms with Crippen LogP contribution in [0.4, 0.5) is 5.69 Å². The van der Waals surface area contributed by atoms with Crippen LogP contribution < -0.4 is 5.32 Å². The normalized spacial score (nSPS) is 15.3. The Morgan fingerprint density at radius 3 is 2.62 bits per heavy atom. The van der Waals surface area contributed by atoms with Gasteiger partial charge in [0.1, 0.15) is 5.02 Å². The third kappa shape index (κ3) is 3.91. The molecule has 1 aliphatic carbocycles. The number of carbonyl (C=O) groups is 2. The van der Waals surface area contributed by atoms with Crippen LogP contribution in [0.1, 0.15) is 29.6 Å². The summed E-state index contributed by atoms with van der Waals surface area (Å²) in [4.78, 5) is 32.9. The van der Waals surface area contributed by atoms with Gasteiger partial charge in [0.15, 0.2) is 0 Å². The molecule has 0 radical (unpaired) electrons. The molecule has 0 bridgehead atoms. The van der Waals surface area contributed by atoms with E-state index in [0.29, 0.717) is 0 Å². The van der Waals surface area contributed by atoms with Crippen LogP contribution >= 0.6 is 11.6 Å². The van der Waals surface area contributed by atoms with E-state index in [2.05, 4.69) is 5.32 Å². The molecule has 21 heavy (non-hydrogen) atoms. The minimum absolute atomic E-state index is 0.131. The number of nitro groups is 1. The first-order valence-electron chi connectivity index (χ1n) is 6.35. The van der Waals surface area contributed by atoms with Crippen LogP contribution in [0.15, 0.2) is 18.2 Å². The molecule has 0 spiro atoms. The molecule has 0 aliphatic heterocycles. The summed E-state index contributed by atoms with van der Waals surface area (Å²) in [6.07, 6.45) is 1.63. The third-order valence-electron chi connectivity index (χ3n) is 3.31. The Balaban J connectivity index is 2.10. The SMILES string of the molecule is O=C(O)CC(NC(=O)c1ccc([N+](=O)[O-])c(Cl)c1)C1CC1. The van der Waals surface area contributed by atoms with Crippen molar-refractivity contribution in [2.75, 3.05) is 0 Å². The molecule has 1 unspecified atom stereocenters. The fourth-order valence-corrected chi connectivity index (χ4v) is 2.32. The standard InChI is InChI=1S/C13H13ClN2O5/c14-9-5-8(3-4-11(9)16(20)21)13(19)15-10(6-12(17)18)7-1-2-7/h3-5,7,10H,1-2,6H2,(H,15,19)(H,17,18). The molecule has 112 valence electrons. The Morgan fingerprint density at radius 2 is 2.14 bits per heavy atom. The minimum atomic E-state index is -0.978. The predicted octanol–water partition coefficient (Wildman–Crippen LogP) is 2.23. The highest BCUT2D eigenvalue weighted by atomic mass is 35.5. The number of rotatable bonds is 6. The number of carboxylic acids is 1. The number of hydrogen-bond acceptors (Lipinski definition) is 4. The lowest BCUT2D eigenvalue weighted by Gasteiger charge is -2.16. The smallest absolute Gasteiger partial charge is 0.305 e. The molecule has 1 aliphatic rings. The Labute approximate surface area is 125 Å². The average Bonchev–Trinajstić information content (AvgIpc) is 3.20. The molecule has 0 saturated heterocycles. The molecule has 8 heteroatoms. The van der Waals surface area contributed by atoms with Gasteiger partial charge in [-0.05, 0) is 30.9 Å². The Kier molecular flexibility index (Phi) is 4.42.